The summed E-state index contributed by atoms with van der Waals surface area (Å²) in [5.41, 5.74) is 1.91. The van der Waals surface area contributed by atoms with Crippen molar-refractivity contribution in [3.8, 4) is 0 Å². The Bertz CT molecular complexity index is 1420. The third kappa shape index (κ3) is 6.87. The number of carboxylic acid groups (broad SMARTS) is 1. The number of hydrogen-bond donors (Lipinski definition) is 3. The van der Waals surface area contributed by atoms with E-state index in [9.17, 15) is 27.9 Å². The first kappa shape index (κ1) is 27.7. The molecule has 0 radical (unpaired) electrons. The summed E-state index contributed by atoms with van der Waals surface area (Å²) in [7, 11) is -2.73. The van der Waals surface area contributed by atoms with Crippen molar-refractivity contribution in [1.29, 1.82) is 0 Å². The zero-order valence-corrected chi connectivity index (χ0v) is 21.8. The molecule has 3 N–H and O–H groups in total. The van der Waals surface area contributed by atoms with Gasteiger partial charge >= 0.3 is 12.0 Å². The lowest BCUT2D eigenvalue weighted by Crippen LogP contribution is -2.36. The number of sulfonamides is 1. The molecule has 0 bridgehead atoms. The minimum absolute atomic E-state index is 0.00366. The molecular formula is C26H26ClN3O6S. The largest absolute Gasteiger partial charge is 0.478 e. The summed E-state index contributed by atoms with van der Waals surface area (Å²) in [6.45, 7) is 1.22. The molecule has 0 saturated carbocycles. The van der Waals surface area contributed by atoms with Gasteiger partial charge in [-0.05, 0) is 73.0 Å². The standard InChI is InChI=1S/C26H26ClN3O6S/c1-17-23(27)7-4-8-24(17)30(16-21(31)12-9-18-5-3-6-19(15-18)25(32)33)37(35,36)22-13-10-20(11-14-22)29-26(34)28-2/h3-8,10-11,13-15H,9,12,16H2,1-2H3,(H,32,33)(H2,28,29,34). The molecule has 194 valence electrons. The molecule has 0 aliphatic rings. The molecule has 0 aromatic heterocycles. The van der Waals surface area contributed by atoms with Crippen molar-refractivity contribution in [2.45, 2.75) is 24.7 Å². The zero-order valence-electron chi connectivity index (χ0n) is 20.2. The maximum Gasteiger partial charge on any atom is 0.335 e. The Morgan fingerprint density at radius 1 is 1.00 bits per heavy atom. The highest BCUT2D eigenvalue weighted by Gasteiger charge is 2.28. The van der Waals surface area contributed by atoms with Gasteiger partial charge in [-0.2, -0.15) is 0 Å². The van der Waals surface area contributed by atoms with Crippen LogP contribution >= 0.6 is 11.6 Å². The van der Waals surface area contributed by atoms with E-state index in [1.54, 1.807) is 37.3 Å². The van der Waals surface area contributed by atoms with Gasteiger partial charge in [0.1, 0.15) is 0 Å². The number of carbonyl (C=O) groups is 3. The van der Waals surface area contributed by atoms with E-state index in [-0.39, 0.29) is 34.8 Å². The van der Waals surface area contributed by atoms with E-state index >= 15 is 0 Å². The third-order valence-electron chi connectivity index (χ3n) is 5.62. The van der Waals surface area contributed by atoms with Gasteiger partial charge in [0.05, 0.1) is 22.7 Å². The van der Waals surface area contributed by atoms with Gasteiger partial charge in [-0.1, -0.05) is 29.8 Å². The number of carboxylic acids is 1. The normalized spacial score (nSPS) is 11.0. The second kappa shape index (κ2) is 11.9. The maximum atomic E-state index is 13.7. The molecule has 0 unspecified atom stereocenters. The number of carbonyl (C=O) groups excluding carboxylic acids is 2. The highest BCUT2D eigenvalue weighted by atomic mass is 35.5. The molecular weight excluding hydrogens is 518 g/mol. The number of amides is 2. The lowest BCUT2D eigenvalue weighted by molar-refractivity contribution is -0.117. The number of ketones is 1. The molecule has 0 heterocycles. The van der Waals surface area contributed by atoms with E-state index < -0.39 is 28.6 Å². The van der Waals surface area contributed by atoms with Crippen molar-refractivity contribution in [3.05, 3.63) is 88.4 Å². The smallest absolute Gasteiger partial charge is 0.335 e. The predicted molar refractivity (Wildman–Crippen MR) is 142 cm³/mol. The fourth-order valence-corrected chi connectivity index (χ4v) is 5.25. The summed E-state index contributed by atoms with van der Waals surface area (Å²) in [6.07, 6.45) is 0.256. The molecule has 0 atom stereocenters. The van der Waals surface area contributed by atoms with Crippen molar-refractivity contribution >= 4 is 50.8 Å². The van der Waals surface area contributed by atoms with Crippen LogP contribution in [-0.4, -0.2) is 44.9 Å². The molecule has 3 rings (SSSR count). The highest BCUT2D eigenvalue weighted by Crippen LogP contribution is 2.31. The number of halogens is 1. The lowest BCUT2D eigenvalue weighted by Gasteiger charge is -2.26. The number of nitrogens with one attached hydrogen (secondary N) is 2. The molecule has 0 saturated heterocycles. The van der Waals surface area contributed by atoms with Crippen LogP contribution < -0.4 is 14.9 Å². The summed E-state index contributed by atoms with van der Waals surface area (Å²) in [6, 6.07) is 16.2. The van der Waals surface area contributed by atoms with Crippen LogP contribution in [0.2, 0.25) is 5.02 Å². The highest BCUT2D eigenvalue weighted by molar-refractivity contribution is 7.92. The molecule has 0 aliphatic heterocycles. The number of aromatic carboxylic acids is 1. The third-order valence-corrected chi connectivity index (χ3v) is 7.80. The average Bonchev–Trinajstić information content (AvgIpc) is 2.88. The number of Topliss-reactive ketones (excluding diaryl/α,β-unsaturated/α-hetero) is 1. The minimum atomic E-state index is -4.19. The Morgan fingerprint density at radius 3 is 2.32 bits per heavy atom. The number of nitrogens with zero attached hydrogens (tertiary/aromatic N) is 1. The van der Waals surface area contributed by atoms with Crippen molar-refractivity contribution in [2.75, 3.05) is 23.2 Å². The van der Waals surface area contributed by atoms with E-state index in [0.717, 1.165) is 4.31 Å². The molecule has 37 heavy (non-hydrogen) atoms. The first-order valence-corrected chi connectivity index (χ1v) is 13.1. The fraction of sp³-hybridized carbons (Fsp3) is 0.192. The number of anilines is 2. The minimum Gasteiger partial charge on any atom is -0.478 e. The fourth-order valence-electron chi connectivity index (χ4n) is 3.58. The molecule has 0 aliphatic carbocycles. The van der Waals surface area contributed by atoms with Gasteiger partial charge in [0, 0.05) is 24.2 Å². The number of rotatable bonds is 10. The van der Waals surface area contributed by atoms with Crippen LogP contribution in [0.4, 0.5) is 16.2 Å². The first-order chi connectivity index (χ1) is 17.5. The summed E-state index contributed by atoms with van der Waals surface area (Å²) in [5, 5.41) is 14.5. The Morgan fingerprint density at radius 2 is 1.68 bits per heavy atom. The van der Waals surface area contributed by atoms with E-state index in [2.05, 4.69) is 10.6 Å². The topological polar surface area (TPSA) is 133 Å². The monoisotopic (exact) mass is 543 g/mol. The quantitative estimate of drug-likeness (QED) is 0.345. The molecule has 11 heteroatoms. The molecule has 3 aromatic carbocycles. The van der Waals surface area contributed by atoms with E-state index in [1.165, 1.54) is 43.4 Å². The molecule has 2 amide bonds. The Kier molecular flexibility index (Phi) is 8.90. The van der Waals surface area contributed by atoms with Gasteiger partial charge in [0.15, 0.2) is 5.78 Å². The summed E-state index contributed by atoms with van der Waals surface area (Å²) < 4.78 is 28.4. The van der Waals surface area contributed by atoms with Gasteiger partial charge in [0.25, 0.3) is 10.0 Å². The molecule has 0 fully saturated rings. The van der Waals surface area contributed by atoms with E-state index in [4.69, 9.17) is 11.6 Å². The predicted octanol–water partition coefficient (Wildman–Crippen LogP) is 4.50. The van der Waals surface area contributed by atoms with Crippen LogP contribution in [0.15, 0.2) is 71.6 Å². The SMILES string of the molecule is CNC(=O)Nc1ccc(S(=O)(=O)N(CC(=O)CCc2cccc(C(=O)O)c2)c2cccc(Cl)c2C)cc1. The maximum absolute atomic E-state index is 13.7. The average molecular weight is 544 g/mol. The lowest BCUT2D eigenvalue weighted by atomic mass is 10.0. The van der Waals surface area contributed by atoms with Gasteiger partial charge < -0.3 is 15.7 Å². The summed E-state index contributed by atoms with van der Waals surface area (Å²) in [5.74, 6) is -1.43. The summed E-state index contributed by atoms with van der Waals surface area (Å²) in [4.78, 5) is 35.7. The van der Waals surface area contributed by atoms with Crippen molar-refractivity contribution in [3.63, 3.8) is 0 Å². The number of hydrogen-bond acceptors (Lipinski definition) is 5. The van der Waals surface area contributed by atoms with Gasteiger partial charge in [-0.25, -0.2) is 18.0 Å². The van der Waals surface area contributed by atoms with Crippen LogP contribution in [0.3, 0.4) is 0 Å². The van der Waals surface area contributed by atoms with Gasteiger partial charge in [0.2, 0.25) is 0 Å². The molecule has 9 nitrogen and oxygen atoms in total. The summed E-state index contributed by atoms with van der Waals surface area (Å²) >= 11 is 6.25. The van der Waals surface area contributed by atoms with Crippen LogP contribution in [-0.2, 0) is 21.2 Å². The molecule has 0 spiro atoms. The van der Waals surface area contributed by atoms with Gasteiger partial charge in [-0.3, -0.25) is 9.10 Å². The second-order valence-corrected chi connectivity index (χ2v) is 10.4. The number of aryl methyl sites for hydroxylation is 1. The number of urea groups is 1. The Labute approximate surface area is 220 Å². The Hall–Kier alpha value is -3.89. The Balaban J connectivity index is 1.88. The molecule has 3 aromatic rings. The van der Waals surface area contributed by atoms with Crippen molar-refractivity contribution in [2.24, 2.45) is 0 Å². The van der Waals surface area contributed by atoms with E-state index in [0.29, 0.717) is 21.8 Å². The number of benzene rings is 3. The van der Waals surface area contributed by atoms with Crippen LogP contribution in [0.25, 0.3) is 0 Å². The zero-order chi connectivity index (χ0) is 27.2. The van der Waals surface area contributed by atoms with Crippen LogP contribution in [0.5, 0.6) is 0 Å². The first-order valence-electron chi connectivity index (χ1n) is 11.2. The van der Waals surface area contributed by atoms with Crippen LogP contribution in [0, 0.1) is 6.92 Å². The van der Waals surface area contributed by atoms with Gasteiger partial charge in [-0.15, -0.1) is 0 Å². The van der Waals surface area contributed by atoms with Crippen molar-refractivity contribution in [1.82, 2.24) is 5.32 Å². The van der Waals surface area contributed by atoms with E-state index in [1.807, 2.05) is 0 Å². The second-order valence-electron chi connectivity index (χ2n) is 8.17. The van der Waals surface area contributed by atoms with Crippen molar-refractivity contribution < 1.29 is 27.9 Å². The van der Waals surface area contributed by atoms with Crippen LogP contribution in [0.1, 0.15) is 27.9 Å².